The molecular formula is C30H35N5. The van der Waals surface area contributed by atoms with E-state index in [4.69, 9.17) is 9.97 Å². The van der Waals surface area contributed by atoms with Crippen LogP contribution in [0.4, 0.5) is 11.8 Å². The Morgan fingerprint density at radius 2 is 1.40 bits per heavy atom. The van der Waals surface area contributed by atoms with Crippen molar-refractivity contribution in [2.24, 2.45) is 0 Å². The van der Waals surface area contributed by atoms with Crippen molar-refractivity contribution in [1.82, 2.24) is 15.3 Å². The molecule has 35 heavy (non-hydrogen) atoms. The van der Waals surface area contributed by atoms with Crippen LogP contribution in [-0.2, 0) is 6.42 Å². The molecule has 0 aliphatic heterocycles. The highest BCUT2D eigenvalue weighted by molar-refractivity contribution is 5.90. The molecule has 0 bridgehead atoms. The van der Waals surface area contributed by atoms with Gasteiger partial charge < -0.3 is 15.5 Å². The monoisotopic (exact) mass is 465 g/mol. The molecule has 0 amide bonds. The van der Waals surface area contributed by atoms with Crippen LogP contribution < -0.4 is 15.5 Å². The first-order chi connectivity index (χ1) is 17.2. The molecule has 2 N–H and O–H groups in total. The number of anilines is 2. The number of fused-ring (bicyclic) bond motifs is 1. The van der Waals surface area contributed by atoms with E-state index in [1.165, 1.54) is 29.5 Å². The number of hydrogen-bond donors (Lipinski definition) is 2. The summed E-state index contributed by atoms with van der Waals surface area (Å²) in [5.74, 6) is 1.70. The lowest BCUT2D eigenvalue weighted by Crippen LogP contribution is -2.38. The smallest absolute Gasteiger partial charge is 0.225 e. The molecular weight excluding hydrogens is 430 g/mol. The normalized spacial score (nSPS) is 17.9. The Balaban J connectivity index is 1.09. The number of benzene rings is 3. The van der Waals surface area contributed by atoms with Crippen LogP contribution in [0.1, 0.15) is 31.2 Å². The largest absolute Gasteiger partial charge is 0.362 e. The van der Waals surface area contributed by atoms with Gasteiger partial charge in [-0.2, -0.15) is 4.98 Å². The molecule has 4 aromatic rings. The lowest BCUT2D eigenvalue weighted by molar-refractivity contribution is 0.355. The van der Waals surface area contributed by atoms with Crippen LogP contribution in [-0.4, -0.2) is 42.7 Å². The van der Waals surface area contributed by atoms with Gasteiger partial charge in [0.25, 0.3) is 0 Å². The first-order valence-corrected chi connectivity index (χ1v) is 12.7. The van der Waals surface area contributed by atoms with E-state index >= 15 is 0 Å². The second-order valence-corrected chi connectivity index (χ2v) is 9.74. The van der Waals surface area contributed by atoms with Gasteiger partial charge in [0.2, 0.25) is 5.95 Å². The third-order valence-electron chi connectivity index (χ3n) is 6.97. The minimum Gasteiger partial charge on any atom is -0.362 e. The van der Waals surface area contributed by atoms with E-state index in [1.807, 2.05) is 26.2 Å². The van der Waals surface area contributed by atoms with E-state index in [-0.39, 0.29) is 0 Å². The van der Waals surface area contributed by atoms with Gasteiger partial charge in [0.1, 0.15) is 5.82 Å². The predicted molar refractivity (Wildman–Crippen MR) is 147 cm³/mol. The molecule has 1 aliphatic rings. The van der Waals surface area contributed by atoms with Gasteiger partial charge in [-0.05, 0) is 67.5 Å². The summed E-state index contributed by atoms with van der Waals surface area (Å²) in [5, 5.41) is 8.48. The maximum Gasteiger partial charge on any atom is 0.225 e. The van der Waals surface area contributed by atoms with E-state index in [0.29, 0.717) is 12.1 Å². The van der Waals surface area contributed by atoms with Crippen LogP contribution in [0.5, 0.6) is 0 Å². The molecule has 0 atom stereocenters. The zero-order valence-corrected chi connectivity index (χ0v) is 20.7. The van der Waals surface area contributed by atoms with Crippen molar-refractivity contribution in [2.45, 2.75) is 44.2 Å². The van der Waals surface area contributed by atoms with Crippen LogP contribution in [0.3, 0.4) is 0 Å². The quantitative estimate of drug-likeness (QED) is 0.338. The predicted octanol–water partition coefficient (Wildman–Crippen LogP) is 5.92. The van der Waals surface area contributed by atoms with Gasteiger partial charge in [-0.15, -0.1) is 0 Å². The Morgan fingerprint density at radius 3 is 2.14 bits per heavy atom. The summed E-state index contributed by atoms with van der Waals surface area (Å²) in [7, 11) is 4.07. The molecule has 5 rings (SSSR count). The van der Waals surface area contributed by atoms with Crippen LogP contribution >= 0.6 is 0 Å². The standard InChI is InChI=1S/C30H35N5/c1-35(2)29-27-10-6-7-11-28(27)33-30(34-29)32-26-18-16-25(17-19-26)31-21-20-22-12-14-24(15-13-22)23-8-4-3-5-9-23/h3-15,25-26,31H,16-21H2,1-2H3,(H,32,33,34)/t25-,26+. The second-order valence-electron chi connectivity index (χ2n) is 9.74. The van der Waals surface area contributed by atoms with E-state index in [1.54, 1.807) is 0 Å². The van der Waals surface area contributed by atoms with Gasteiger partial charge in [-0.25, -0.2) is 4.98 Å². The van der Waals surface area contributed by atoms with Gasteiger partial charge in [-0.1, -0.05) is 66.7 Å². The average molecular weight is 466 g/mol. The zero-order valence-electron chi connectivity index (χ0n) is 20.7. The third kappa shape index (κ3) is 5.80. The molecule has 180 valence electrons. The maximum atomic E-state index is 4.81. The summed E-state index contributed by atoms with van der Waals surface area (Å²) in [6.45, 7) is 1.02. The molecule has 0 saturated heterocycles. The number of nitrogens with zero attached hydrogens (tertiary/aromatic N) is 3. The maximum absolute atomic E-state index is 4.81. The van der Waals surface area contributed by atoms with Crippen LogP contribution in [0.15, 0.2) is 78.9 Å². The van der Waals surface area contributed by atoms with Gasteiger partial charge in [0.05, 0.1) is 5.52 Å². The van der Waals surface area contributed by atoms with Crippen molar-refractivity contribution in [3.05, 3.63) is 84.4 Å². The van der Waals surface area contributed by atoms with Crippen LogP contribution in [0, 0.1) is 0 Å². The summed E-state index contributed by atoms with van der Waals surface area (Å²) in [4.78, 5) is 11.6. The molecule has 1 heterocycles. The summed E-state index contributed by atoms with van der Waals surface area (Å²) in [6.07, 6.45) is 5.69. The topological polar surface area (TPSA) is 53.1 Å². The molecule has 5 nitrogen and oxygen atoms in total. The molecule has 0 unspecified atom stereocenters. The highest BCUT2D eigenvalue weighted by Crippen LogP contribution is 2.26. The molecule has 0 spiro atoms. The number of rotatable bonds is 8. The number of aromatic nitrogens is 2. The van der Waals surface area contributed by atoms with E-state index in [2.05, 4.69) is 82.3 Å². The Hall–Kier alpha value is -3.44. The Bertz CT molecular complexity index is 1230. The molecule has 1 saturated carbocycles. The van der Waals surface area contributed by atoms with Crippen molar-refractivity contribution in [1.29, 1.82) is 0 Å². The summed E-state index contributed by atoms with van der Waals surface area (Å²) >= 11 is 0. The molecule has 1 aliphatic carbocycles. The SMILES string of the molecule is CN(C)c1nc(N[C@H]2CC[C@@H](NCCc3ccc(-c4ccccc4)cc3)CC2)nc2ccccc12. The molecule has 3 aromatic carbocycles. The van der Waals surface area contributed by atoms with Crippen LogP contribution in [0.2, 0.25) is 0 Å². The van der Waals surface area contributed by atoms with Crippen LogP contribution in [0.25, 0.3) is 22.0 Å². The molecule has 1 aromatic heterocycles. The summed E-state index contributed by atoms with van der Waals surface area (Å²) in [5.41, 5.74) is 4.93. The van der Waals surface area contributed by atoms with Crippen molar-refractivity contribution >= 4 is 22.7 Å². The Labute approximate surface area is 208 Å². The minimum atomic E-state index is 0.426. The van der Waals surface area contributed by atoms with Gasteiger partial charge in [0.15, 0.2) is 0 Å². The highest BCUT2D eigenvalue weighted by atomic mass is 15.2. The zero-order chi connectivity index (χ0) is 24.0. The number of para-hydroxylation sites is 1. The van der Waals surface area contributed by atoms with Crippen molar-refractivity contribution in [3.63, 3.8) is 0 Å². The molecule has 0 radical (unpaired) electrons. The molecule has 5 heteroatoms. The van der Waals surface area contributed by atoms with Gasteiger partial charge >= 0.3 is 0 Å². The first-order valence-electron chi connectivity index (χ1n) is 12.7. The highest BCUT2D eigenvalue weighted by Gasteiger charge is 2.22. The van der Waals surface area contributed by atoms with E-state index in [9.17, 15) is 0 Å². The van der Waals surface area contributed by atoms with Gasteiger partial charge in [-0.3, -0.25) is 0 Å². The van der Waals surface area contributed by atoms with E-state index < -0.39 is 0 Å². The van der Waals surface area contributed by atoms with Crippen molar-refractivity contribution < 1.29 is 0 Å². The van der Waals surface area contributed by atoms with Gasteiger partial charge in [0, 0.05) is 31.6 Å². The second kappa shape index (κ2) is 10.9. The third-order valence-corrected chi connectivity index (χ3v) is 6.97. The van der Waals surface area contributed by atoms with Crippen molar-refractivity contribution in [2.75, 3.05) is 30.9 Å². The fourth-order valence-electron chi connectivity index (χ4n) is 5.00. The lowest BCUT2D eigenvalue weighted by atomic mass is 9.91. The minimum absolute atomic E-state index is 0.426. The first kappa shape index (κ1) is 23.3. The molecule has 1 fully saturated rings. The van der Waals surface area contributed by atoms with Crippen molar-refractivity contribution in [3.8, 4) is 11.1 Å². The Kier molecular flexibility index (Phi) is 7.24. The lowest BCUT2D eigenvalue weighted by Gasteiger charge is -2.30. The fourth-order valence-corrected chi connectivity index (χ4v) is 5.00. The fraction of sp³-hybridized carbons (Fsp3) is 0.333. The summed E-state index contributed by atoms with van der Waals surface area (Å²) < 4.78 is 0. The number of nitrogens with one attached hydrogen (secondary N) is 2. The average Bonchev–Trinajstić information content (AvgIpc) is 2.90. The number of hydrogen-bond acceptors (Lipinski definition) is 5. The summed E-state index contributed by atoms with van der Waals surface area (Å²) in [6, 6.07) is 28.8. The van der Waals surface area contributed by atoms with E-state index in [0.717, 1.165) is 48.5 Å². The Morgan fingerprint density at radius 1 is 0.743 bits per heavy atom.